The topological polar surface area (TPSA) is 51.1 Å². The molecule has 1 rings (SSSR count). The molecule has 1 atom stereocenters. The number of nitrogens with one attached hydrogen (secondary N) is 1. The fourth-order valence-corrected chi connectivity index (χ4v) is 1.57. The van der Waals surface area contributed by atoms with Crippen LogP contribution in [0, 0.1) is 0 Å². The first kappa shape index (κ1) is 14.0. The molecule has 1 aromatic heterocycles. The summed E-state index contributed by atoms with van der Waals surface area (Å²) in [5.74, 6) is -0.196. The Bertz CT molecular complexity index is 442. The van der Waals surface area contributed by atoms with E-state index in [1.165, 1.54) is 10.6 Å². The lowest BCUT2D eigenvalue weighted by molar-refractivity contribution is 0.0953. The van der Waals surface area contributed by atoms with Crippen molar-refractivity contribution in [1.82, 2.24) is 9.88 Å². The van der Waals surface area contributed by atoms with Gasteiger partial charge >= 0.3 is 0 Å². The van der Waals surface area contributed by atoms with E-state index in [4.69, 9.17) is 0 Å². The van der Waals surface area contributed by atoms with E-state index >= 15 is 0 Å². The van der Waals surface area contributed by atoms with Gasteiger partial charge in [-0.25, -0.2) is 0 Å². The first-order valence-electron chi connectivity index (χ1n) is 5.63. The summed E-state index contributed by atoms with van der Waals surface area (Å²) < 4.78 is 1.43. The van der Waals surface area contributed by atoms with Gasteiger partial charge in [-0.1, -0.05) is 22.9 Å². The number of nitrogens with zero attached hydrogens (tertiary/aromatic N) is 1. The molecule has 4 nitrogen and oxygen atoms in total. The first-order valence-corrected chi connectivity index (χ1v) is 6.55. The Kier molecular flexibility index (Phi) is 5.41. The molecule has 1 heterocycles. The van der Waals surface area contributed by atoms with Crippen LogP contribution in [0.1, 0.15) is 30.1 Å². The Hall–Kier alpha value is -1.10. The van der Waals surface area contributed by atoms with Gasteiger partial charge in [0.2, 0.25) is 0 Å². The van der Waals surface area contributed by atoms with Crippen molar-refractivity contribution in [3.8, 4) is 0 Å². The highest BCUT2D eigenvalue weighted by Crippen LogP contribution is 2.07. The molecule has 94 valence electrons. The minimum Gasteiger partial charge on any atom is -0.352 e. The number of carbonyl (C=O) groups excluding carboxylic acids is 1. The SMILES string of the molecule is CCC(Br)CCNC(=O)c1ccn(C)c(=O)c1. The van der Waals surface area contributed by atoms with Crippen LogP contribution in [0.3, 0.4) is 0 Å². The second-order valence-corrected chi connectivity index (χ2v) is 5.21. The van der Waals surface area contributed by atoms with Crippen LogP contribution in [-0.4, -0.2) is 21.8 Å². The molecule has 0 aliphatic rings. The fraction of sp³-hybridized carbons (Fsp3) is 0.500. The van der Waals surface area contributed by atoms with Crippen molar-refractivity contribution in [2.75, 3.05) is 6.54 Å². The molecular formula is C12H17BrN2O2. The third-order valence-electron chi connectivity index (χ3n) is 2.55. The summed E-state index contributed by atoms with van der Waals surface area (Å²) in [6.45, 7) is 2.69. The molecular weight excluding hydrogens is 284 g/mol. The molecule has 0 bridgehead atoms. The summed E-state index contributed by atoms with van der Waals surface area (Å²) in [6.07, 6.45) is 3.51. The van der Waals surface area contributed by atoms with Crippen LogP contribution in [0.15, 0.2) is 23.1 Å². The van der Waals surface area contributed by atoms with Gasteiger partial charge in [0.05, 0.1) is 0 Å². The molecule has 1 N–H and O–H groups in total. The van der Waals surface area contributed by atoms with Gasteiger partial charge in [0.1, 0.15) is 0 Å². The molecule has 0 aliphatic carbocycles. The molecule has 1 unspecified atom stereocenters. The van der Waals surface area contributed by atoms with Gasteiger partial charge < -0.3 is 9.88 Å². The van der Waals surface area contributed by atoms with Crippen molar-refractivity contribution in [3.63, 3.8) is 0 Å². The van der Waals surface area contributed by atoms with E-state index in [-0.39, 0.29) is 11.5 Å². The van der Waals surface area contributed by atoms with Gasteiger partial charge in [-0.15, -0.1) is 0 Å². The predicted molar refractivity (Wildman–Crippen MR) is 71.6 cm³/mol. The van der Waals surface area contributed by atoms with Gasteiger partial charge in [-0.2, -0.15) is 0 Å². The van der Waals surface area contributed by atoms with Gasteiger partial charge in [-0.05, 0) is 18.9 Å². The number of alkyl halides is 1. The normalized spacial score (nSPS) is 12.2. The third-order valence-corrected chi connectivity index (χ3v) is 3.66. The zero-order valence-electron chi connectivity index (χ0n) is 10.1. The van der Waals surface area contributed by atoms with Crippen molar-refractivity contribution < 1.29 is 4.79 Å². The fourth-order valence-electron chi connectivity index (χ4n) is 1.34. The van der Waals surface area contributed by atoms with E-state index in [9.17, 15) is 9.59 Å². The molecule has 0 saturated carbocycles. The minimum atomic E-state index is -0.196. The van der Waals surface area contributed by atoms with Crippen LogP contribution >= 0.6 is 15.9 Å². The number of hydrogen-bond acceptors (Lipinski definition) is 2. The highest BCUT2D eigenvalue weighted by Gasteiger charge is 2.07. The van der Waals surface area contributed by atoms with Crippen LogP contribution in [0.25, 0.3) is 0 Å². The van der Waals surface area contributed by atoms with Gasteiger partial charge in [0.15, 0.2) is 0 Å². The molecule has 17 heavy (non-hydrogen) atoms. The highest BCUT2D eigenvalue weighted by atomic mass is 79.9. The largest absolute Gasteiger partial charge is 0.352 e. The van der Waals surface area contributed by atoms with Crippen molar-refractivity contribution in [2.45, 2.75) is 24.6 Å². The number of pyridine rings is 1. The summed E-state index contributed by atoms with van der Waals surface area (Å²) in [6, 6.07) is 2.99. The maximum atomic E-state index is 11.7. The molecule has 1 aromatic rings. The molecule has 5 heteroatoms. The van der Waals surface area contributed by atoms with Crippen LogP contribution < -0.4 is 10.9 Å². The standard InChI is InChI=1S/C12H17BrN2O2/c1-3-10(13)4-6-14-12(17)9-5-7-15(2)11(16)8-9/h5,7-8,10H,3-4,6H2,1-2H3,(H,14,17). The van der Waals surface area contributed by atoms with E-state index in [0.29, 0.717) is 16.9 Å². The predicted octanol–water partition coefficient (Wildman–Crippen LogP) is 1.68. The summed E-state index contributed by atoms with van der Waals surface area (Å²) in [4.78, 5) is 23.5. The monoisotopic (exact) mass is 300 g/mol. The lowest BCUT2D eigenvalue weighted by atomic mass is 10.2. The van der Waals surface area contributed by atoms with Gasteiger partial charge in [0.25, 0.3) is 11.5 Å². The number of aromatic nitrogens is 1. The molecule has 0 saturated heterocycles. The molecule has 0 fully saturated rings. The minimum absolute atomic E-state index is 0.176. The second-order valence-electron chi connectivity index (χ2n) is 3.91. The van der Waals surface area contributed by atoms with Crippen molar-refractivity contribution in [2.24, 2.45) is 7.05 Å². The van der Waals surface area contributed by atoms with Crippen molar-refractivity contribution >= 4 is 21.8 Å². The smallest absolute Gasteiger partial charge is 0.251 e. The summed E-state index contributed by atoms with van der Waals surface area (Å²) in [5, 5.41) is 2.79. The van der Waals surface area contributed by atoms with Crippen LogP contribution in [0.5, 0.6) is 0 Å². The average molecular weight is 301 g/mol. The van der Waals surface area contributed by atoms with Crippen molar-refractivity contribution in [1.29, 1.82) is 0 Å². The molecule has 0 aromatic carbocycles. The summed E-state index contributed by atoms with van der Waals surface area (Å²) >= 11 is 3.50. The number of amides is 1. The zero-order valence-corrected chi connectivity index (χ0v) is 11.7. The number of halogens is 1. The summed E-state index contributed by atoms with van der Waals surface area (Å²) in [5.41, 5.74) is 0.236. The van der Waals surface area contributed by atoms with E-state index in [2.05, 4.69) is 28.2 Å². The average Bonchev–Trinajstić information content (AvgIpc) is 2.32. The lowest BCUT2D eigenvalue weighted by Crippen LogP contribution is -2.28. The quantitative estimate of drug-likeness (QED) is 0.841. The number of aryl methyl sites for hydroxylation is 1. The molecule has 1 amide bonds. The molecule has 0 spiro atoms. The first-order chi connectivity index (χ1) is 8.04. The Morgan fingerprint density at radius 3 is 2.88 bits per heavy atom. The Morgan fingerprint density at radius 2 is 2.29 bits per heavy atom. The number of rotatable bonds is 5. The highest BCUT2D eigenvalue weighted by molar-refractivity contribution is 9.09. The summed E-state index contributed by atoms with van der Waals surface area (Å²) in [7, 11) is 1.65. The molecule has 0 aliphatic heterocycles. The Labute approximate surface area is 109 Å². The van der Waals surface area contributed by atoms with Crippen LogP contribution in [0.2, 0.25) is 0 Å². The second kappa shape index (κ2) is 6.59. The zero-order chi connectivity index (χ0) is 12.8. The number of carbonyl (C=O) groups is 1. The van der Waals surface area contributed by atoms with Crippen LogP contribution in [-0.2, 0) is 7.05 Å². The van der Waals surface area contributed by atoms with E-state index in [1.807, 2.05) is 0 Å². The van der Waals surface area contributed by atoms with Gasteiger partial charge in [0, 0.05) is 36.2 Å². The maximum absolute atomic E-state index is 11.7. The van der Waals surface area contributed by atoms with Gasteiger partial charge in [-0.3, -0.25) is 9.59 Å². The lowest BCUT2D eigenvalue weighted by Gasteiger charge is -2.08. The third kappa shape index (κ3) is 4.34. The van der Waals surface area contributed by atoms with Crippen LogP contribution in [0.4, 0.5) is 0 Å². The Balaban J connectivity index is 2.53. The molecule has 0 radical (unpaired) electrons. The van der Waals surface area contributed by atoms with Crippen molar-refractivity contribution in [3.05, 3.63) is 34.2 Å². The maximum Gasteiger partial charge on any atom is 0.251 e. The van der Waals surface area contributed by atoms with E-state index < -0.39 is 0 Å². The Morgan fingerprint density at radius 1 is 1.59 bits per heavy atom. The van der Waals surface area contributed by atoms with E-state index in [1.54, 1.807) is 19.3 Å². The van der Waals surface area contributed by atoms with E-state index in [0.717, 1.165) is 12.8 Å². The number of hydrogen-bond donors (Lipinski definition) is 1.